The lowest BCUT2D eigenvalue weighted by Crippen LogP contribution is -2.50. The SMILES string of the molecule is CCC1=NOC(CN2CCN(c3ncc[nH]c3=O)CC2)C1. The van der Waals surface area contributed by atoms with Crippen molar-refractivity contribution in [2.45, 2.75) is 25.9 Å². The number of piperazine rings is 1. The summed E-state index contributed by atoms with van der Waals surface area (Å²) >= 11 is 0. The number of nitrogens with one attached hydrogen (secondary N) is 1. The average molecular weight is 291 g/mol. The minimum atomic E-state index is -0.119. The quantitative estimate of drug-likeness (QED) is 0.871. The number of oxime groups is 1. The summed E-state index contributed by atoms with van der Waals surface area (Å²) < 4.78 is 0. The van der Waals surface area contributed by atoms with E-state index in [4.69, 9.17) is 4.84 Å². The van der Waals surface area contributed by atoms with Gasteiger partial charge in [0.15, 0.2) is 5.82 Å². The highest BCUT2D eigenvalue weighted by atomic mass is 16.6. The van der Waals surface area contributed by atoms with E-state index < -0.39 is 0 Å². The lowest BCUT2D eigenvalue weighted by atomic mass is 10.1. The zero-order valence-electron chi connectivity index (χ0n) is 12.3. The second kappa shape index (κ2) is 6.26. The van der Waals surface area contributed by atoms with Crippen LogP contribution in [0.15, 0.2) is 22.3 Å². The predicted molar refractivity (Wildman–Crippen MR) is 80.7 cm³/mol. The van der Waals surface area contributed by atoms with E-state index in [-0.39, 0.29) is 11.7 Å². The molecule has 0 saturated carbocycles. The van der Waals surface area contributed by atoms with Crippen LogP contribution >= 0.6 is 0 Å². The van der Waals surface area contributed by atoms with Gasteiger partial charge >= 0.3 is 0 Å². The van der Waals surface area contributed by atoms with Crippen LogP contribution in [0.25, 0.3) is 0 Å². The Kier molecular flexibility index (Phi) is 4.19. The first kappa shape index (κ1) is 14.1. The summed E-state index contributed by atoms with van der Waals surface area (Å²) in [5.74, 6) is 0.519. The van der Waals surface area contributed by atoms with Crippen molar-refractivity contribution in [3.8, 4) is 0 Å². The fourth-order valence-electron chi connectivity index (χ4n) is 2.79. The Hall–Kier alpha value is -1.89. The molecule has 0 spiro atoms. The molecule has 0 amide bonds. The van der Waals surface area contributed by atoms with Crippen molar-refractivity contribution in [2.75, 3.05) is 37.6 Å². The Morgan fingerprint density at radius 3 is 2.86 bits per heavy atom. The lowest BCUT2D eigenvalue weighted by molar-refractivity contribution is 0.0510. The Balaban J connectivity index is 1.50. The van der Waals surface area contributed by atoms with Crippen molar-refractivity contribution in [3.05, 3.63) is 22.7 Å². The van der Waals surface area contributed by atoms with E-state index >= 15 is 0 Å². The van der Waals surface area contributed by atoms with Gasteiger partial charge in [-0.05, 0) is 6.42 Å². The summed E-state index contributed by atoms with van der Waals surface area (Å²) in [5, 5.41) is 4.10. The van der Waals surface area contributed by atoms with Gasteiger partial charge in [-0.3, -0.25) is 9.69 Å². The molecule has 1 atom stereocenters. The van der Waals surface area contributed by atoms with Gasteiger partial charge in [0.2, 0.25) is 0 Å². The van der Waals surface area contributed by atoms with Crippen molar-refractivity contribution in [3.63, 3.8) is 0 Å². The normalized spacial score (nSPS) is 23.0. The molecule has 7 nitrogen and oxygen atoms in total. The van der Waals surface area contributed by atoms with Crippen LogP contribution in [0.2, 0.25) is 0 Å². The fraction of sp³-hybridized carbons (Fsp3) is 0.643. The molecule has 1 N–H and O–H groups in total. The van der Waals surface area contributed by atoms with E-state index in [1.807, 2.05) is 4.90 Å². The largest absolute Gasteiger partial charge is 0.391 e. The summed E-state index contributed by atoms with van der Waals surface area (Å²) in [6.07, 6.45) is 5.28. The molecule has 2 aliphatic heterocycles. The second-order valence-electron chi connectivity index (χ2n) is 5.47. The molecule has 1 saturated heterocycles. The van der Waals surface area contributed by atoms with Gasteiger partial charge in [-0.1, -0.05) is 12.1 Å². The molecule has 1 aromatic heterocycles. The molecule has 0 radical (unpaired) electrons. The van der Waals surface area contributed by atoms with Gasteiger partial charge in [-0.25, -0.2) is 4.98 Å². The molecule has 1 aromatic rings. The number of nitrogens with zero attached hydrogens (tertiary/aromatic N) is 4. The molecule has 3 heterocycles. The maximum atomic E-state index is 11.7. The molecule has 7 heteroatoms. The molecule has 21 heavy (non-hydrogen) atoms. The predicted octanol–water partition coefficient (Wildman–Crippen LogP) is 0.447. The van der Waals surface area contributed by atoms with Gasteiger partial charge in [0.1, 0.15) is 6.10 Å². The zero-order chi connectivity index (χ0) is 14.7. The Morgan fingerprint density at radius 2 is 2.19 bits per heavy atom. The number of aromatic amines is 1. The minimum absolute atomic E-state index is 0.119. The molecular weight excluding hydrogens is 270 g/mol. The molecule has 114 valence electrons. The standard InChI is InChI=1S/C14H21N5O2/c1-2-11-9-12(21-17-11)10-18-5-7-19(8-6-18)13-14(20)16-4-3-15-13/h3-4,12H,2,5-10H2,1H3,(H,16,20). The number of H-pyrrole nitrogens is 1. The van der Waals surface area contributed by atoms with Gasteiger partial charge in [-0.2, -0.15) is 0 Å². The molecule has 0 aromatic carbocycles. The number of aromatic nitrogens is 2. The van der Waals surface area contributed by atoms with Gasteiger partial charge in [0, 0.05) is 51.5 Å². The first-order valence-corrected chi connectivity index (χ1v) is 7.49. The summed E-state index contributed by atoms with van der Waals surface area (Å²) in [7, 11) is 0. The Labute approximate surface area is 123 Å². The molecule has 3 rings (SSSR count). The van der Waals surface area contributed by atoms with Crippen molar-refractivity contribution < 1.29 is 4.84 Å². The number of anilines is 1. The van der Waals surface area contributed by atoms with Crippen molar-refractivity contribution in [1.82, 2.24) is 14.9 Å². The van der Waals surface area contributed by atoms with E-state index in [1.165, 1.54) is 0 Å². The lowest BCUT2D eigenvalue weighted by Gasteiger charge is -2.35. The third kappa shape index (κ3) is 3.24. The van der Waals surface area contributed by atoms with E-state index in [0.29, 0.717) is 5.82 Å². The van der Waals surface area contributed by atoms with Crippen molar-refractivity contribution in [2.24, 2.45) is 5.16 Å². The molecule has 0 aliphatic carbocycles. The van der Waals surface area contributed by atoms with Gasteiger partial charge < -0.3 is 14.7 Å². The van der Waals surface area contributed by atoms with E-state index in [9.17, 15) is 4.79 Å². The average Bonchev–Trinajstić information content (AvgIpc) is 2.96. The van der Waals surface area contributed by atoms with Gasteiger partial charge in [0.05, 0.1) is 5.71 Å². The summed E-state index contributed by atoms with van der Waals surface area (Å²) in [5.41, 5.74) is 1.03. The fourth-order valence-corrected chi connectivity index (χ4v) is 2.79. The highest BCUT2D eigenvalue weighted by molar-refractivity contribution is 5.85. The second-order valence-corrected chi connectivity index (χ2v) is 5.47. The van der Waals surface area contributed by atoms with Crippen LogP contribution in [0.5, 0.6) is 0 Å². The van der Waals surface area contributed by atoms with Crippen molar-refractivity contribution >= 4 is 11.5 Å². The molecule has 0 bridgehead atoms. The Morgan fingerprint density at radius 1 is 1.38 bits per heavy atom. The highest BCUT2D eigenvalue weighted by Gasteiger charge is 2.26. The third-order valence-electron chi connectivity index (χ3n) is 4.02. The van der Waals surface area contributed by atoms with Gasteiger partial charge in [-0.15, -0.1) is 0 Å². The summed E-state index contributed by atoms with van der Waals surface area (Å²) in [6, 6.07) is 0. The van der Waals surface area contributed by atoms with Crippen LogP contribution in [0.3, 0.4) is 0 Å². The summed E-state index contributed by atoms with van der Waals surface area (Å²) in [6.45, 7) is 6.46. The first-order chi connectivity index (χ1) is 10.3. The summed E-state index contributed by atoms with van der Waals surface area (Å²) in [4.78, 5) is 28.4. The third-order valence-corrected chi connectivity index (χ3v) is 4.02. The highest BCUT2D eigenvalue weighted by Crippen LogP contribution is 2.15. The molecule has 2 aliphatic rings. The van der Waals surface area contributed by atoms with Crippen LogP contribution in [0, 0.1) is 0 Å². The minimum Gasteiger partial charge on any atom is -0.391 e. The van der Waals surface area contributed by atoms with Crippen molar-refractivity contribution in [1.29, 1.82) is 0 Å². The first-order valence-electron chi connectivity index (χ1n) is 7.49. The van der Waals surface area contributed by atoms with Crippen LogP contribution in [0.1, 0.15) is 19.8 Å². The van der Waals surface area contributed by atoms with E-state index in [2.05, 4.69) is 26.9 Å². The maximum absolute atomic E-state index is 11.7. The van der Waals surface area contributed by atoms with Crippen LogP contribution in [-0.2, 0) is 4.84 Å². The smallest absolute Gasteiger partial charge is 0.290 e. The van der Waals surface area contributed by atoms with E-state index in [0.717, 1.165) is 51.3 Å². The number of rotatable bonds is 4. The topological polar surface area (TPSA) is 73.8 Å². The molecule has 1 fully saturated rings. The monoisotopic (exact) mass is 291 g/mol. The maximum Gasteiger partial charge on any atom is 0.290 e. The van der Waals surface area contributed by atoms with Gasteiger partial charge in [0.25, 0.3) is 5.56 Å². The van der Waals surface area contributed by atoms with Crippen LogP contribution in [0.4, 0.5) is 5.82 Å². The Bertz CT molecular complexity index is 562. The molecule has 1 unspecified atom stereocenters. The van der Waals surface area contributed by atoms with Crippen LogP contribution < -0.4 is 10.5 Å². The van der Waals surface area contributed by atoms with Crippen LogP contribution in [-0.4, -0.2) is 59.4 Å². The number of hydrogen-bond donors (Lipinski definition) is 1. The zero-order valence-corrected chi connectivity index (χ0v) is 12.3. The van der Waals surface area contributed by atoms with E-state index in [1.54, 1.807) is 12.4 Å². The number of hydrogen-bond acceptors (Lipinski definition) is 6. The molecular formula is C14H21N5O2.